The number of thiazole rings is 1. The van der Waals surface area contributed by atoms with Crippen LogP contribution < -0.4 is 10.6 Å². The summed E-state index contributed by atoms with van der Waals surface area (Å²) in [5.41, 5.74) is 1.14. The monoisotopic (exact) mass is 382 g/mol. The fourth-order valence-corrected chi connectivity index (χ4v) is 3.22. The lowest BCUT2D eigenvalue weighted by molar-refractivity contribution is -0.143. The molecule has 0 aliphatic carbocycles. The summed E-state index contributed by atoms with van der Waals surface area (Å²) >= 11 is 1.67. The van der Waals surface area contributed by atoms with E-state index in [2.05, 4.69) is 46.8 Å². The van der Waals surface area contributed by atoms with Crippen LogP contribution in [0.1, 0.15) is 76.4 Å². The molecule has 2 N–H and O–H groups in total. The topological polar surface area (TPSA) is 75.6 Å². The number of hydrogen-bond acceptors (Lipinski definition) is 5. The highest BCUT2D eigenvalue weighted by Gasteiger charge is 2.06. The van der Waals surface area contributed by atoms with Crippen molar-refractivity contribution < 1.29 is 9.53 Å². The number of aliphatic imine (C=N–C) groups is 1. The lowest BCUT2D eigenvalue weighted by atomic mass is 10.1. The normalized spacial score (nSPS) is 11.7. The van der Waals surface area contributed by atoms with Crippen molar-refractivity contribution in [2.24, 2.45) is 4.99 Å². The smallest absolute Gasteiger partial charge is 0.305 e. The SMILES string of the molecule is CCNC(=NCc1nc(C(C)C)cs1)NCCCCCCC(=O)OCC. The summed E-state index contributed by atoms with van der Waals surface area (Å²) < 4.78 is 4.93. The molecule has 1 heterocycles. The number of nitrogens with zero attached hydrogens (tertiary/aromatic N) is 2. The highest BCUT2D eigenvalue weighted by Crippen LogP contribution is 2.18. The quantitative estimate of drug-likeness (QED) is 0.249. The molecule has 7 heteroatoms. The van der Waals surface area contributed by atoms with Gasteiger partial charge < -0.3 is 15.4 Å². The standard InChI is InChI=1S/C19H34N4O2S/c1-5-20-19(22-13-17-23-16(14-26-17)15(3)4)21-12-10-8-7-9-11-18(24)25-6-2/h14-15H,5-13H2,1-4H3,(H2,20,21,22). The number of aromatic nitrogens is 1. The minimum atomic E-state index is -0.0880. The first-order valence-electron chi connectivity index (χ1n) is 9.68. The fourth-order valence-electron chi connectivity index (χ4n) is 2.34. The van der Waals surface area contributed by atoms with Gasteiger partial charge in [-0.15, -0.1) is 11.3 Å². The summed E-state index contributed by atoms with van der Waals surface area (Å²) in [6.07, 6.45) is 4.62. The first-order valence-corrected chi connectivity index (χ1v) is 10.6. The van der Waals surface area contributed by atoms with Gasteiger partial charge in [-0.25, -0.2) is 9.98 Å². The molecule has 1 aromatic heterocycles. The van der Waals surface area contributed by atoms with Crippen LogP contribution in [0.4, 0.5) is 0 Å². The van der Waals surface area contributed by atoms with E-state index in [-0.39, 0.29) is 5.97 Å². The van der Waals surface area contributed by atoms with Crippen molar-refractivity contribution in [3.05, 3.63) is 16.1 Å². The van der Waals surface area contributed by atoms with Crippen LogP contribution in [0, 0.1) is 0 Å². The molecule has 0 fully saturated rings. The number of hydrogen-bond donors (Lipinski definition) is 2. The van der Waals surface area contributed by atoms with Gasteiger partial charge in [0.15, 0.2) is 5.96 Å². The Balaban J connectivity index is 2.24. The van der Waals surface area contributed by atoms with Gasteiger partial charge in [-0.1, -0.05) is 26.7 Å². The molecule has 0 bridgehead atoms. The molecular weight excluding hydrogens is 348 g/mol. The van der Waals surface area contributed by atoms with E-state index in [1.165, 1.54) is 0 Å². The summed E-state index contributed by atoms with van der Waals surface area (Å²) in [4.78, 5) is 20.5. The lowest BCUT2D eigenvalue weighted by Gasteiger charge is -2.10. The molecule has 0 aliphatic rings. The fraction of sp³-hybridized carbons (Fsp3) is 0.737. The van der Waals surface area contributed by atoms with E-state index in [1.807, 2.05) is 6.92 Å². The van der Waals surface area contributed by atoms with Crippen molar-refractivity contribution in [3.63, 3.8) is 0 Å². The van der Waals surface area contributed by atoms with Crippen LogP contribution in [0.5, 0.6) is 0 Å². The van der Waals surface area contributed by atoms with Gasteiger partial charge in [0.25, 0.3) is 0 Å². The third-order valence-corrected chi connectivity index (χ3v) is 4.63. The van der Waals surface area contributed by atoms with E-state index in [4.69, 9.17) is 4.74 Å². The van der Waals surface area contributed by atoms with Gasteiger partial charge in [-0.05, 0) is 32.6 Å². The van der Waals surface area contributed by atoms with Crippen LogP contribution in [0.3, 0.4) is 0 Å². The number of rotatable bonds is 12. The second-order valence-corrected chi connectivity index (χ2v) is 7.35. The van der Waals surface area contributed by atoms with Crippen molar-refractivity contribution in [2.75, 3.05) is 19.7 Å². The molecule has 1 rings (SSSR count). The third kappa shape index (κ3) is 9.75. The second-order valence-electron chi connectivity index (χ2n) is 6.41. The summed E-state index contributed by atoms with van der Waals surface area (Å²) in [5.74, 6) is 1.20. The Morgan fingerprint density at radius 3 is 2.65 bits per heavy atom. The lowest BCUT2D eigenvalue weighted by Crippen LogP contribution is -2.37. The van der Waals surface area contributed by atoms with Crippen molar-refractivity contribution >= 4 is 23.3 Å². The maximum Gasteiger partial charge on any atom is 0.305 e. The van der Waals surface area contributed by atoms with Gasteiger partial charge in [0, 0.05) is 24.9 Å². The van der Waals surface area contributed by atoms with E-state index in [9.17, 15) is 4.79 Å². The summed E-state index contributed by atoms with van der Waals surface area (Å²) in [7, 11) is 0. The van der Waals surface area contributed by atoms with Crippen LogP contribution in [0.25, 0.3) is 0 Å². The van der Waals surface area contributed by atoms with Crippen LogP contribution in [0.2, 0.25) is 0 Å². The van der Waals surface area contributed by atoms with Crippen LogP contribution >= 0.6 is 11.3 Å². The summed E-state index contributed by atoms with van der Waals surface area (Å²) in [5, 5.41) is 9.80. The van der Waals surface area contributed by atoms with Crippen LogP contribution in [-0.2, 0) is 16.1 Å². The van der Waals surface area contributed by atoms with Crippen molar-refractivity contribution in [1.29, 1.82) is 0 Å². The number of guanidine groups is 1. The molecule has 1 aromatic rings. The van der Waals surface area contributed by atoms with Gasteiger partial charge in [0.2, 0.25) is 0 Å². The van der Waals surface area contributed by atoms with Crippen molar-refractivity contribution in [3.8, 4) is 0 Å². The number of unbranched alkanes of at least 4 members (excludes halogenated alkanes) is 3. The van der Waals surface area contributed by atoms with E-state index in [0.717, 1.165) is 55.4 Å². The molecule has 0 saturated carbocycles. The molecule has 0 unspecified atom stereocenters. The molecule has 0 aromatic carbocycles. The van der Waals surface area contributed by atoms with Gasteiger partial charge in [0.1, 0.15) is 5.01 Å². The predicted molar refractivity (Wildman–Crippen MR) is 109 cm³/mol. The average molecular weight is 383 g/mol. The minimum absolute atomic E-state index is 0.0880. The highest BCUT2D eigenvalue weighted by atomic mass is 32.1. The molecule has 0 aliphatic heterocycles. The summed E-state index contributed by atoms with van der Waals surface area (Å²) in [6.45, 7) is 11.0. The molecule has 26 heavy (non-hydrogen) atoms. The van der Waals surface area contributed by atoms with Gasteiger partial charge in [-0.3, -0.25) is 4.79 Å². The zero-order chi connectivity index (χ0) is 19.2. The molecule has 0 atom stereocenters. The van der Waals surface area contributed by atoms with Gasteiger partial charge in [-0.2, -0.15) is 0 Å². The van der Waals surface area contributed by atoms with Gasteiger partial charge >= 0.3 is 5.97 Å². The zero-order valence-corrected chi connectivity index (χ0v) is 17.5. The van der Waals surface area contributed by atoms with E-state index in [1.54, 1.807) is 11.3 Å². The van der Waals surface area contributed by atoms with E-state index < -0.39 is 0 Å². The Bertz CT molecular complexity index is 543. The van der Waals surface area contributed by atoms with E-state index in [0.29, 0.717) is 25.5 Å². The second kappa shape index (κ2) is 13.6. The Kier molecular flexibility index (Phi) is 11.7. The average Bonchev–Trinajstić information content (AvgIpc) is 3.08. The van der Waals surface area contributed by atoms with Crippen molar-refractivity contribution in [2.45, 2.75) is 72.3 Å². The molecule has 148 valence electrons. The number of esters is 1. The van der Waals surface area contributed by atoms with Crippen molar-refractivity contribution in [1.82, 2.24) is 15.6 Å². The van der Waals surface area contributed by atoms with Gasteiger partial charge in [0.05, 0.1) is 18.8 Å². The third-order valence-electron chi connectivity index (χ3n) is 3.78. The molecule has 6 nitrogen and oxygen atoms in total. The van der Waals surface area contributed by atoms with Crippen LogP contribution in [0.15, 0.2) is 10.4 Å². The largest absolute Gasteiger partial charge is 0.466 e. The molecule has 0 amide bonds. The number of nitrogens with one attached hydrogen (secondary N) is 2. The van der Waals surface area contributed by atoms with Crippen LogP contribution in [-0.4, -0.2) is 36.6 Å². The molecular formula is C19H34N4O2S. The summed E-state index contributed by atoms with van der Waals surface area (Å²) in [6, 6.07) is 0. The highest BCUT2D eigenvalue weighted by molar-refractivity contribution is 7.09. The number of ether oxygens (including phenoxy) is 1. The maximum atomic E-state index is 11.3. The first-order chi connectivity index (χ1) is 12.6. The first kappa shape index (κ1) is 22.4. The Morgan fingerprint density at radius 1 is 1.23 bits per heavy atom. The molecule has 0 spiro atoms. The predicted octanol–water partition coefficient (Wildman–Crippen LogP) is 3.84. The molecule has 0 radical (unpaired) electrons. The number of carbonyl (C=O) groups is 1. The number of carbonyl (C=O) groups excluding carboxylic acids is 1. The Hall–Kier alpha value is -1.63. The molecule has 0 saturated heterocycles. The Morgan fingerprint density at radius 2 is 2.00 bits per heavy atom. The maximum absolute atomic E-state index is 11.3. The zero-order valence-electron chi connectivity index (χ0n) is 16.6. The Labute approximate surface area is 161 Å². The van der Waals surface area contributed by atoms with E-state index >= 15 is 0 Å². The minimum Gasteiger partial charge on any atom is -0.466 e.